The Kier molecular flexibility index (Phi) is 3.82. The van der Waals surface area contributed by atoms with Gasteiger partial charge in [-0.2, -0.15) is 5.10 Å². The van der Waals surface area contributed by atoms with Crippen LogP contribution in [0.3, 0.4) is 0 Å². The summed E-state index contributed by atoms with van der Waals surface area (Å²) >= 11 is 3.28. The number of likely N-dealkylation sites (tertiary alicyclic amines) is 1. The van der Waals surface area contributed by atoms with E-state index in [9.17, 15) is 4.79 Å². The lowest BCUT2D eigenvalue weighted by molar-refractivity contribution is 0.0705. The summed E-state index contributed by atoms with van der Waals surface area (Å²) in [5.41, 5.74) is 1.75. The molecule has 5 nitrogen and oxygen atoms in total. The van der Waals surface area contributed by atoms with Crippen molar-refractivity contribution in [3.63, 3.8) is 0 Å². The first kappa shape index (κ1) is 13.3. The van der Waals surface area contributed by atoms with E-state index >= 15 is 0 Å². The minimum Gasteiger partial charge on any atom is -0.338 e. The number of halogens is 1. The average Bonchev–Trinajstić information content (AvgIpc) is 3.02. The summed E-state index contributed by atoms with van der Waals surface area (Å²) in [4.78, 5) is 18.5. The third-order valence-corrected chi connectivity index (χ3v) is 4.11. The molecule has 0 spiro atoms. The van der Waals surface area contributed by atoms with Crippen LogP contribution in [0.1, 0.15) is 34.8 Å². The van der Waals surface area contributed by atoms with Gasteiger partial charge in [0.2, 0.25) is 0 Å². The molecule has 3 heterocycles. The number of hydrogen-bond acceptors (Lipinski definition) is 3. The van der Waals surface area contributed by atoms with Crippen LogP contribution in [0.5, 0.6) is 0 Å². The number of aromatic nitrogens is 3. The SMILES string of the molecule is O=C(c1ccc(Br)nc1)N1CCCC(c2ccn[nH]2)C1. The minimum atomic E-state index is 0.0502. The van der Waals surface area contributed by atoms with E-state index in [1.807, 2.05) is 11.0 Å². The maximum atomic E-state index is 12.5. The summed E-state index contributed by atoms with van der Waals surface area (Å²) in [6.45, 7) is 1.54. The zero-order valence-electron chi connectivity index (χ0n) is 10.9. The molecule has 2 aromatic rings. The normalized spacial score (nSPS) is 19.1. The van der Waals surface area contributed by atoms with Crippen molar-refractivity contribution >= 4 is 21.8 Å². The molecule has 1 unspecified atom stereocenters. The third kappa shape index (κ3) is 2.75. The molecule has 1 N–H and O–H groups in total. The fraction of sp³-hybridized carbons (Fsp3) is 0.357. The van der Waals surface area contributed by atoms with Gasteiger partial charge in [-0.05, 0) is 47.0 Å². The van der Waals surface area contributed by atoms with E-state index in [1.54, 1.807) is 24.5 Å². The van der Waals surface area contributed by atoms with Gasteiger partial charge in [0.25, 0.3) is 5.91 Å². The number of hydrogen-bond donors (Lipinski definition) is 1. The van der Waals surface area contributed by atoms with Gasteiger partial charge in [-0.1, -0.05) is 0 Å². The van der Waals surface area contributed by atoms with Crippen LogP contribution in [-0.4, -0.2) is 39.1 Å². The maximum absolute atomic E-state index is 12.5. The number of amides is 1. The Morgan fingerprint density at radius 1 is 1.40 bits per heavy atom. The average molecular weight is 335 g/mol. The third-order valence-electron chi connectivity index (χ3n) is 3.65. The summed E-state index contributed by atoms with van der Waals surface area (Å²) in [6.07, 6.45) is 5.48. The van der Waals surface area contributed by atoms with Crippen molar-refractivity contribution in [2.45, 2.75) is 18.8 Å². The fourth-order valence-corrected chi connectivity index (χ4v) is 2.83. The Balaban J connectivity index is 1.73. The number of piperidine rings is 1. The zero-order valence-corrected chi connectivity index (χ0v) is 12.5. The second-order valence-corrected chi connectivity index (χ2v) is 5.78. The molecule has 1 fully saturated rings. The fourth-order valence-electron chi connectivity index (χ4n) is 2.59. The first-order valence-corrected chi connectivity index (χ1v) is 7.43. The monoisotopic (exact) mass is 334 g/mol. The molecule has 0 radical (unpaired) electrons. The summed E-state index contributed by atoms with van der Waals surface area (Å²) in [5.74, 6) is 0.396. The van der Waals surface area contributed by atoms with Crippen LogP contribution >= 0.6 is 15.9 Å². The van der Waals surface area contributed by atoms with Crippen LogP contribution < -0.4 is 0 Å². The number of nitrogens with one attached hydrogen (secondary N) is 1. The largest absolute Gasteiger partial charge is 0.338 e. The van der Waals surface area contributed by atoms with Crippen LogP contribution in [0.15, 0.2) is 35.2 Å². The molecule has 1 aliphatic heterocycles. The molecule has 2 aromatic heterocycles. The lowest BCUT2D eigenvalue weighted by Gasteiger charge is -2.32. The molecule has 1 amide bonds. The molecule has 20 heavy (non-hydrogen) atoms. The molecule has 6 heteroatoms. The second kappa shape index (κ2) is 5.75. The molecule has 1 aliphatic rings. The Labute approximate surface area is 125 Å². The highest BCUT2D eigenvalue weighted by atomic mass is 79.9. The predicted octanol–water partition coefficient (Wildman–Crippen LogP) is 2.59. The number of pyridine rings is 1. The summed E-state index contributed by atoms with van der Waals surface area (Å²) < 4.78 is 0.739. The van der Waals surface area contributed by atoms with Gasteiger partial charge in [-0.25, -0.2) is 4.98 Å². The predicted molar refractivity (Wildman–Crippen MR) is 78.4 cm³/mol. The van der Waals surface area contributed by atoms with Crippen LogP contribution in [0.4, 0.5) is 0 Å². The van der Waals surface area contributed by atoms with Crippen molar-refractivity contribution in [1.29, 1.82) is 0 Å². The smallest absolute Gasteiger partial charge is 0.255 e. The maximum Gasteiger partial charge on any atom is 0.255 e. The van der Waals surface area contributed by atoms with Gasteiger partial charge in [-0.3, -0.25) is 9.89 Å². The molecular weight excluding hydrogens is 320 g/mol. The van der Waals surface area contributed by atoms with Crippen LogP contribution in [0.2, 0.25) is 0 Å². The number of carbonyl (C=O) groups excluding carboxylic acids is 1. The zero-order chi connectivity index (χ0) is 13.9. The molecule has 0 aromatic carbocycles. The van der Waals surface area contributed by atoms with E-state index in [1.165, 1.54) is 0 Å². The molecule has 0 aliphatic carbocycles. The van der Waals surface area contributed by atoms with E-state index in [0.717, 1.165) is 36.2 Å². The van der Waals surface area contributed by atoms with Crippen LogP contribution in [0, 0.1) is 0 Å². The molecule has 104 valence electrons. The van der Waals surface area contributed by atoms with Crippen molar-refractivity contribution in [3.8, 4) is 0 Å². The van der Waals surface area contributed by atoms with E-state index in [0.29, 0.717) is 11.5 Å². The highest BCUT2D eigenvalue weighted by Crippen LogP contribution is 2.26. The van der Waals surface area contributed by atoms with Crippen LogP contribution in [0.25, 0.3) is 0 Å². The van der Waals surface area contributed by atoms with Gasteiger partial charge < -0.3 is 4.90 Å². The first-order chi connectivity index (χ1) is 9.74. The Bertz CT molecular complexity index is 582. The Morgan fingerprint density at radius 3 is 3.00 bits per heavy atom. The van der Waals surface area contributed by atoms with Crippen molar-refractivity contribution in [2.75, 3.05) is 13.1 Å². The highest BCUT2D eigenvalue weighted by Gasteiger charge is 2.26. The van der Waals surface area contributed by atoms with Gasteiger partial charge >= 0.3 is 0 Å². The summed E-state index contributed by atoms with van der Waals surface area (Å²) in [5, 5.41) is 7.00. The Morgan fingerprint density at radius 2 is 2.30 bits per heavy atom. The molecule has 1 saturated heterocycles. The van der Waals surface area contributed by atoms with E-state index in [4.69, 9.17) is 0 Å². The molecule has 0 bridgehead atoms. The van der Waals surface area contributed by atoms with Crippen molar-refractivity contribution in [1.82, 2.24) is 20.1 Å². The van der Waals surface area contributed by atoms with Gasteiger partial charge in [0.15, 0.2) is 0 Å². The topological polar surface area (TPSA) is 61.9 Å². The number of nitrogens with zero attached hydrogens (tertiary/aromatic N) is 3. The first-order valence-electron chi connectivity index (χ1n) is 6.64. The van der Waals surface area contributed by atoms with Crippen LogP contribution in [-0.2, 0) is 0 Å². The van der Waals surface area contributed by atoms with Gasteiger partial charge in [0, 0.05) is 37.1 Å². The minimum absolute atomic E-state index is 0.0502. The van der Waals surface area contributed by atoms with Crippen molar-refractivity contribution in [2.24, 2.45) is 0 Å². The van der Waals surface area contributed by atoms with Gasteiger partial charge in [-0.15, -0.1) is 0 Å². The number of rotatable bonds is 2. The Hall–Kier alpha value is -1.69. The van der Waals surface area contributed by atoms with Gasteiger partial charge in [0.05, 0.1) is 5.56 Å². The van der Waals surface area contributed by atoms with Gasteiger partial charge in [0.1, 0.15) is 4.60 Å². The van der Waals surface area contributed by atoms with E-state index in [-0.39, 0.29) is 5.91 Å². The van der Waals surface area contributed by atoms with E-state index < -0.39 is 0 Å². The molecule has 0 saturated carbocycles. The highest BCUT2D eigenvalue weighted by molar-refractivity contribution is 9.10. The molecule has 3 rings (SSSR count). The number of carbonyl (C=O) groups is 1. The second-order valence-electron chi connectivity index (χ2n) is 4.97. The van der Waals surface area contributed by atoms with Crippen molar-refractivity contribution < 1.29 is 4.79 Å². The lowest BCUT2D eigenvalue weighted by atomic mass is 9.94. The molecular formula is C14H15BrN4O. The number of aromatic amines is 1. The van der Waals surface area contributed by atoms with E-state index in [2.05, 4.69) is 31.1 Å². The quantitative estimate of drug-likeness (QED) is 0.858. The van der Waals surface area contributed by atoms with Crippen molar-refractivity contribution in [3.05, 3.63) is 46.5 Å². The number of H-pyrrole nitrogens is 1. The lowest BCUT2D eigenvalue weighted by Crippen LogP contribution is -2.39. The summed E-state index contributed by atoms with van der Waals surface area (Å²) in [7, 11) is 0. The summed E-state index contributed by atoms with van der Waals surface area (Å²) in [6, 6.07) is 5.59. The molecule has 1 atom stereocenters. The standard InChI is InChI=1S/C14H15BrN4O/c15-13-4-3-10(8-16-13)14(20)19-7-1-2-11(9-19)12-5-6-17-18-12/h3-6,8,11H,1-2,7,9H2,(H,17,18).